The summed E-state index contributed by atoms with van der Waals surface area (Å²) in [4.78, 5) is 15.0. The summed E-state index contributed by atoms with van der Waals surface area (Å²) < 4.78 is 5.54. The molecule has 8 nitrogen and oxygen atoms in total. The van der Waals surface area contributed by atoms with Crippen molar-refractivity contribution < 1.29 is 9.53 Å². The quantitative estimate of drug-likeness (QED) is 0.0914. The number of rotatable bonds is 10. The van der Waals surface area contributed by atoms with Crippen LogP contribution in [0.5, 0.6) is 5.75 Å². The van der Waals surface area contributed by atoms with Crippen molar-refractivity contribution in [3.05, 3.63) is 132 Å². The molecule has 0 heterocycles. The van der Waals surface area contributed by atoms with Crippen LogP contribution in [0.25, 0.3) is 11.1 Å². The second-order valence-electron chi connectivity index (χ2n) is 10.2. The van der Waals surface area contributed by atoms with Gasteiger partial charge in [-0.05, 0) is 128 Å². The predicted molar refractivity (Wildman–Crippen MR) is 178 cm³/mol. The monoisotopic (exact) mass is 592 g/mol. The summed E-state index contributed by atoms with van der Waals surface area (Å²) in [5.74, 6) is -0.0298. The van der Waals surface area contributed by atoms with E-state index >= 15 is 0 Å². The number of benzene rings is 5. The van der Waals surface area contributed by atoms with Crippen molar-refractivity contribution in [2.24, 2.45) is 20.5 Å². The Balaban J connectivity index is 1.16. The molecule has 0 aliphatic rings. The van der Waals surface area contributed by atoms with Crippen molar-refractivity contribution in [2.45, 2.75) is 20.8 Å². The van der Waals surface area contributed by atoms with E-state index in [1.165, 1.54) is 5.69 Å². The minimum Gasteiger partial charge on any atom is -0.423 e. The first kappa shape index (κ1) is 30.5. The lowest BCUT2D eigenvalue weighted by molar-refractivity contribution is 0.0735. The zero-order valence-electron chi connectivity index (χ0n) is 25.4. The number of nitrogens with zero attached hydrogens (tertiary/aromatic N) is 6. The summed E-state index contributed by atoms with van der Waals surface area (Å²) in [6.07, 6.45) is 0. The van der Waals surface area contributed by atoms with Gasteiger partial charge in [-0.25, -0.2) is 4.79 Å². The van der Waals surface area contributed by atoms with Crippen LogP contribution >= 0.6 is 0 Å². The largest absolute Gasteiger partial charge is 0.423 e. The van der Waals surface area contributed by atoms with Gasteiger partial charge in [-0.3, -0.25) is 0 Å². The number of carbonyl (C=O) groups excluding carboxylic acids is 1. The minimum absolute atomic E-state index is 0.402. The summed E-state index contributed by atoms with van der Waals surface area (Å²) in [6.45, 7) is 8.14. The van der Waals surface area contributed by atoms with Crippen LogP contribution in [-0.4, -0.2) is 19.1 Å². The predicted octanol–water partition coefficient (Wildman–Crippen LogP) is 10.4. The summed E-state index contributed by atoms with van der Waals surface area (Å²) in [6, 6.07) is 37.1. The van der Waals surface area contributed by atoms with E-state index in [1.807, 2.05) is 61.5 Å². The maximum Gasteiger partial charge on any atom is 0.343 e. The molecule has 0 aliphatic carbocycles. The first-order valence-electron chi connectivity index (χ1n) is 14.7. The number of anilines is 1. The van der Waals surface area contributed by atoms with Crippen LogP contribution in [0.4, 0.5) is 28.4 Å². The highest BCUT2D eigenvalue weighted by atomic mass is 16.5. The Morgan fingerprint density at radius 2 is 1.22 bits per heavy atom. The Kier molecular flexibility index (Phi) is 9.83. The molecule has 0 saturated heterocycles. The van der Waals surface area contributed by atoms with Crippen molar-refractivity contribution in [1.82, 2.24) is 0 Å². The van der Waals surface area contributed by atoms with E-state index < -0.39 is 5.97 Å². The van der Waals surface area contributed by atoms with Crippen LogP contribution in [0.1, 0.15) is 35.3 Å². The Labute approximate surface area is 263 Å². The Bertz CT molecular complexity index is 1850. The van der Waals surface area contributed by atoms with E-state index in [0.717, 1.165) is 41.2 Å². The number of ether oxygens (including phenoxy) is 1. The molecular weight excluding hydrogens is 560 g/mol. The second-order valence-corrected chi connectivity index (χ2v) is 10.2. The van der Waals surface area contributed by atoms with E-state index in [4.69, 9.17) is 10.00 Å². The highest BCUT2D eigenvalue weighted by Gasteiger charge is 2.09. The van der Waals surface area contributed by atoms with Crippen LogP contribution in [0.15, 0.2) is 136 Å². The fourth-order valence-corrected chi connectivity index (χ4v) is 4.64. The highest BCUT2D eigenvalue weighted by Crippen LogP contribution is 2.29. The second kappa shape index (κ2) is 14.5. The van der Waals surface area contributed by atoms with Gasteiger partial charge in [-0.2, -0.15) is 25.7 Å². The third-order valence-corrected chi connectivity index (χ3v) is 7.23. The molecule has 5 aromatic rings. The molecule has 0 spiro atoms. The number of aryl methyl sites for hydroxylation is 1. The number of hydrogen-bond acceptors (Lipinski definition) is 8. The van der Waals surface area contributed by atoms with Gasteiger partial charge in [0.05, 0.1) is 39.9 Å². The lowest BCUT2D eigenvalue weighted by atomic mass is 10.0. The molecule has 0 fully saturated rings. The molecular formula is C37H32N6O2. The van der Waals surface area contributed by atoms with Gasteiger partial charge in [0, 0.05) is 18.8 Å². The van der Waals surface area contributed by atoms with Gasteiger partial charge in [-0.15, -0.1) is 0 Å². The molecule has 8 heteroatoms. The summed E-state index contributed by atoms with van der Waals surface area (Å²) in [5.41, 5.74) is 7.86. The normalized spacial score (nSPS) is 11.1. The van der Waals surface area contributed by atoms with E-state index in [0.29, 0.717) is 28.3 Å². The molecule has 0 N–H and O–H groups in total. The van der Waals surface area contributed by atoms with Crippen molar-refractivity contribution in [3.8, 4) is 22.9 Å². The molecule has 0 saturated carbocycles. The number of hydrogen-bond donors (Lipinski definition) is 0. The van der Waals surface area contributed by atoms with Gasteiger partial charge in [0.1, 0.15) is 5.75 Å². The molecule has 0 amide bonds. The zero-order chi connectivity index (χ0) is 31.6. The molecule has 45 heavy (non-hydrogen) atoms. The van der Waals surface area contributed by atoms with Gasteiger partial charge in [0.15, 0.2) is 0 Å². The van der Waals surface area contributed by atoms with Gasteiger partial charge in [-0.1, -0.05) is 24.3 Å². The van der Waals surface area contributed by atoms with E-state index in [-0.39, 0.29) is 0 Å². The van der Waals surface area contributed by atoms with Crippen molar-refractivity contribution in [3.63, 3.8) is 0 Å². The maximum absolute atomic E-state index is 12.7. The molecule has 0 aromatic heterocycles. The molecule has 222 valence electrons. The smallest absolute Gasteiger partial charge is 0.343 e. The fraction of sp³-hybridized carbons (Fsp3) is 0.135. The lowest BCUT2D eigenvalue weighted by Crippen LogP contribution is -2.21. The molecule has 5 rings (SSSR count). The van der Waals surface area contributed by atoms with E-state index in [1.54, 1.807) is 48.5 Å². The summed E-state index contributed by atoms with van der Waals surface area (Å²) in [5, 5.41) is 26.4. The maximum atomic E-state index is 12.7. The van der Waals surface area contributed by atoms with Crippen LogP contribution < -0.4 is 9.64 Å². The van der Waals surface area contributed by atoms with Gasteiger partial charge in [0.2, 0.25) is 0 Å². The first-order chi connectivity index (χ1) is 21.9. The molecule has 0 bridgehead atoms. The average molecular weight is 593 g/mol. The number of nitriles is 1. The van der Waals surface area contributed by atoms with Crippen molar-refractivity contribution >= 4 is 34.4 Å². The van der Waals surface area contributed by atoms with Gasteiger partial charge < -0.3 is 9.64 Å². The van der Waals surface area contributed by atoms with E-state index in [2.05, 4.69) is 57.4 Å². The van der Waals surface area contributed by atoms with Crippen LogP contribution in [0, 0.1) is 18.3 Å². The Morgan fingerprint density at radius 1 is 0.689 bits per heavy atom. The van der Waals surface area contributed by atoms with Gasteiger partial charge >= 0.3 is 5.97 Å². The minimum atomic E-state index is -0.468. The number of carbonyl (C=O) groups is 1. The van der Waals surface area contributed by atoms with Crippen molar-refractivity contribution in [2.75, 3.05) is 18.0 Å². The highest BCUT2D eigenvalue weighted by molar-refractivity contribution is 5.91. The Hall–Kier alpha value is -5.94. The van der Waals surface area contributed by atoms with E-state index in [9.17, 15) is 4.79 Å². The molecule has 0 atom stereocenters. The zero-order valence-corrected chi connectivity index (χ0v) is 25.4. The standard InChI is InChI=1S/C37H32N6O2/c1-4-43(5-2)34-19-16-32(17-20-34)39-41-33-18-23-36(26(3)24-33)42-40-31-14-10-30(11-15-31)37(44)45-35-21-12-29(13-22-35)28-8-6-27(25-38)7-9-28/h6-24H,4-5H2,1-3H3. The molecule has 0 radical (unpaired) electrons. The number of esters is 1. The molecule has 0 unspecified atom stereocenters. The third-order valence-electron chi connectivity index (χ3n) is 7.23. The topological polar surface area (TPSA) is 103 Å². The average Bonchev–Trinajstić information content (AvgIpc) is 3.08. The first-order valence-corrected chi connectivity index (χ1v) is 14.7. The fourth-order valence-electron chi connectivity index (χ4n) is 4.64. The summed E-state index contributed by atoms with van der Waals surface area (Å²) >= 11 is 0. The lowest BCUT2D eigenvalue weighted by Gasteiger charge is -2.20. The Morgan fingerprint density at radius 3 is 1.80 bits per heavy atom. The molecule has 0 aliphatic heterocycles. The third kappa shape index (κ3) is 7.92. The SMILES string of the molecule is CCN(CC)c1ccc(N=Nc2ccc(N=Nc3ccc(C(=O)Oc4ccc(-c5ccc(C#N)cc5)cc4)cc3)c(C)c2)cc1. The van der Waals surface area contributed by atoms with Gasteiger partial charge in [0.25, 0.3) is 0 Å². The van der Waals surface area contributed by atoms with Crippen molar-refractivity contribution in [1.29, 1.82) is 5.26 Å². The number of azo groups is 2. The van der Waals surface area contributed by atoms with Crippen LogP contribution in [0.3, 0.4) is 0 Å². The summed E-state index contributed by atoms with van der Waals surface area (Å²) in [7, 11) is 0. The van der Waals surface area contributed by atoms with Crippen LogP contribution in [-0.2, 0) is 0 Å². The van der Waals surface area contributed by atoms with Crippen LogP contribution in [0.2, 0.25) is 0 Å². The molecule has 5 aromatic carbocycles.